The van der Waals surface area contributed by atoms with E-state index in [4.69, 9.17) is 0 Å². The molecule has 6 nitrogen and oxygen atoms in total. The second kappa shape index (κ2) is 7.00. The lowest BCUT2D eigenvalue weighted by molar-refractivity contribution is -0.120. The number of carbonyl (C=O) groups is 3. The van der Waals surface area contributed by atoms with Crippen LogP contribution in [0.2, 0.25) is 0 Å². The summed E-state index contributed by atoms with van der Waals surface area (Å²) in [5.41, 5.74) is 2.12. The Bertz CT molecular complexity index is 926. The van der Waals surface area contributed by atoms with Crippen molar-refractivity contribution in [1.29, 1.82) is 0 Å². The highest BCUT2D eigenvalue weighted by Crippen LogP contribution is 2.37. The number of anilines is 2. The van der Waals surface area contributed by atoms with Crippen molar-refractivity contribution in [3.05, 3.63) is 52.4 Å². The summed E-state index contributed by atoms with van der Waals surface area (Å²) >= 11 is 1.46. The summed E-state index contributed by atoms with van der Waals surface area (Å²) in [4.78, 5) is 41.7. The summed E-state index contributed by atoms with van der Waals surface area (Å²) < 4.78 is 0. The van der Waals surface area contributed by atoms with Crippen LogP contribution in [0.25, 0.3) is 5.57 Å². The van der Waals surface area contributed by atoms with E-state index in [-0.39, 0.29) is 17.7 Å². The molecule has 4 rings (SSSR count). The molecule has 1 aromatic carbocycles. The first-order valence-corrected chi connectivity index (χ1v) is 9.74. The van der Waals surface area contributed by atoms with Gasteiger partial charge in [-0.1, -0.05) is 6.07 Å². The number of carbonyl (C=O) groups excluding carboxylic acids is 3. The maximum Gasteiger partial charge on any atom is 0.282 e. The molecule has 1 saturated heterocycles. The third-order valence-electron chi connectivity index (χ3n) is 4.70. The lowest BCUT2D eigenvalue weighted by Crippen LogP contribution is -2.34. The van der Waals surface area contributed by atoms with Gasteiger partial charge in [-0.15, -0.1) is 11.3 Å². The summed E-state index contributed by atoms with van der Waals surface area (Å²) in [5.74, 6) is -0.747. The molecule has 2 aromatic rings. The van der Waals surface area contributed by atoms with Gasteiger partial charge in [0.15, 0.2) is 0 Å². The molecule has 0 atom stereocenters. The van der Waals surface area contributed by atoms with Crippen molar-refractivity contribution in [3.63, 3.8) is 0 Å². The molecule has 0 aliphatic carbocycles. The van der Waals surface area contributed by atoms with Gasteiger partial charge in [0, 0.05) is 30.6 Å². The van der Waals surface area contributed by atoms with Gasteiger partial charge in [-0.2, -0.15) is 0 Å². The Hall–Kier alpha value is -2.93. The smallest absolute Gasteiger partial charge is 0.282 e. The summed E-state index contributed by atoms with van der Waals surface area (Å²) in [6.07, 6.45) is 2.04. The molecule has 0 bridgehead atoms. The second-order valence-corrected chi connectivity index (χ2v) is 7.52. The van der Waals surface area contributed by atoms with Gasteiger partial charge in [0.2, 0.25) is 5.91 Å². The second-order valence-electron chi connectivity index (χ2n) is 6.57. The number of likely N-dealkylation sites (tertiary alicyclic amines) is 1. The Morgan fingerprint density at radius 1 is 1.04 bits per heavy atom. The largest absolute Gasteiger partial charge is 0.366 e. The monoisotopic (exact) mass is 381 g/mol. The SMILES string of the molecule is CC(=O)Nc1ccc(N2C(=O)C(c3cccs3)=C(N3CCCC3)C2=O)cc1. The summed E-state index contributed by atoms with van der Waals surface area (Å²) in [7, 11) is 0. The molecule has 2 aliphatic heterocycles. The van der Waals surface area contributed by atoms with Gasteiger partial charge in [-0.25, -0.2) is 4.90 Å². The van der Waals surface area contributed by atoms with Crippen LogP contribution in [0.4, 0.5) is 11.4 Å². The molecule has 3 amide bonds. The predicted molar refractivity (Wildman–Crippen MR) is 105 cm³/mol. The zero-order valence-electron chi connectivity index (χ0n) is 14.9. The Morgan fingerprint density at radius 3 is 2.33 bits per heavy atom. The van der Waals surface area contributed by atoms with Crippen LogP contribution in [0, 0.1) is 0 Å². The fraction of sp³-hybridized carbons (Fsp3) is 0.250. The molecule has 1 N–H and O–H groups in total. The number of nitrogens with zero attached hydrogens (tertiary/aromatic N) is 2. The highest BCUT2D eigenvalue weighted by Gasteiger charge is 2.43. The molecule has 7 heteroatoms. The van der Waals surface area contributed by atoms with Gasteiger partial charge in [0.05, 0.1) is 11.3 Å². The van der Waals surface area contributed by atoms with E-state index in [9.17, 15) is 14.4 Å². The van der Waals surface area contributed by atoms with Gasteiger partial charge in [0.25, 0.3) is 11.8 Å². The molecule has 0 unspecified atom stereocenters. The lowest BCUT2D eigenvalue weighted by Gasteiger charge is -2.20. The normalized spacial score (nSPS) is 17.2. The molecule has 1 aromatic heterocycles. The number of thiophene rings is 1. The average Bonchev–Trinajstić information content (AvgIpc) is 3.37. The van der Waals surface area contributed by atoms with Crippen molar-refractivity contribution in [2.75, 3.05) is 23.3 Å². The van der Waals surface area contributed by atoms with Crippen LogP contribution in [-0.2, 0) is 14.4 Å². The minimum Gasteiger partial charge on any atom is -0.366 e. The topological polar surface area (TPSA) is 69.7 Å². The van der Waals surface area contributed by atoms with Crippen molar-refractivity contribution in [2.24, 2.45) is 0 Å². The number of rotatable bonds is 4. The van der Waals surface area contributed by atoms with Crippen molar-refractivity contribution >= 4 is 46.0 Å². The molecule has 2 aliphatic rings. The molecule has 27 heavy (non-hydrogen) atoms. The van der Waals surface area contributed by atoms with Crippen LogP contribution in [0.15, 0.2) is 47.5 Å². The van der Waals surface area contributed by atoms with E-state index < -0.39 is 0 Å². The molecule has 1 fully saturated rings. The van der Waals surface area contributed by atoms with E-state index >= 15 is 0 Å². The number of hydrogen-bond donors (Lipinski definition) is 1. The van der Waals surface area contributed by atoms with Crippen molar-refractivity contribution in [2.45, 2.75) is 19.8 Å². The minimum absolute atomic E-state index is 0.172. The standard InChI is InChI=1S/C20H19N3O3S/c1-13(24)21-14-6-8-15(9-7-14)23-19(25)17(16-5-4-12-27-16)18(20(23)26)22-10-2-3-11-22/h4-9,12H,2-3,10-11H2,1H3,(H,21,24). The first kappa shape index (κ1) is 17.5. The van der Waals surface area contributed by atoms with Crippen molar-refractivity contribution in [3.8, 4) is 0 Å². The average molecular weight is 381 g/mol. The molecule has 0 spiro atoms. The number of hydrogen-bond acceptors (Lipinski definition) is 5. The van der Waals surface area contributed by atoms with E-state index in [2.05, 4.69) is 5.32 Å². The Morgan fingerprint density at radius 2 is 1.74 bits per heavy atom. The molecular weight excluding hydrogens is 362 g/mol. The van der Waals surface area contributed by atoms with Crippen LogP contribution in [-0.4, -0.2) is 35.7 Å². The van der Waals surface area contributed by atoms with Crippen LogP contribution in [0.3, 0.4) is 0 Å². The Kier molecular flexibility index (Phi) is 4.53. The molecule has 138 valence electrons. The van der Waals surface area contributed by atoms with E-state index in [1.54, 1.807) is 24.3 Å². The highest BCUT2D eigenvalue weighted by molar-refractivity contribution is 7.11. The fourth-order valence-corrected chi connectivity index (χ4v) is 4.29. The summed E-state index contributed by atoms with van der Waals surface area (Å²) in [5, 5.41) is 4.59. The fourth-order valence-electron chi connectivity index (χ4n) is 3.53. The molecule has 0 radical (unpaired) electrons. The van der Waals surface area contributed by atoms with Crippen LogP contribution < -0.4 is 10.2 Å². The van der Waals surface area contributed by atoms with Gasteiger partial charge >= 0.3 is 0 Å². The van der Waals surface area contributed by atoms with Gasteiger partial charge in [-0.3, -0.25) is 14.4 Å². The number of nitrogens with one attached hydrogen (secondary N) is 1. The highest BCUT2D eigenvalue weighted by atomic mass is 32.1. The van der Waals surface area contributed by atoms with E-state index in [0.29, 0.717) is 22.6 Å². The number of imide groups is 1. The van der Waals surface area contributed by atoms with Gasteiger partial charge in [-0.05, 0) is 48.6 Å². The van der Waals surface area contributed by atoms with E-state index in [1.807, 2.05) is 22.4 Å². The third kappa shape index (κ3) is 3.14. The quantitative estimate of drug-likeness (QED) is 0.827. The number of amides is 3. The zero-order chi connectivity index (χ0) is 19.0. The minimum atomic E-state index is -0.295. The maximum atomic E-state index is 13.2. The van der Waals surface area contributed by atoms with Crippen LogP contribution >= 0.6 is 11.3 Å². The molecule has 0 saturated carbocycles. The Balaban J connectivity index is 1.71. The van der Waals surface area contributed by atoms with Gasteiger partial charge in [0.1, 0.15) is 5.70 Å². The summed E-state index contributed by atoms with van der Waals surface area (Å²) in [6, 6.07) is 10.5. The molecular formula is C20H19N3O3S. The van der Waals surface area contributed by atoms with Crippen molar-refractivity contribution < 1.29 is 14.4 Å². The van der Waals surface area contributed by atoms with Crippen LogP contribution in [0.5, 0.6) is 0 Å². The van der Waals surface area contributed by atoms with Gasteiger partial charge < -0.3 is 10.2 Å². The summed E-state index contributed by atoms with van der Waals surface area (Å²) in [6.45, 7) is 3.01. The Labute approximate surface area is 161 Å². The maximum absolute atomic E-state index is 13.2. The first-order valence-electron chi connectivity index (χ1n) is 8.86. The first-order chi connectivity index (χ1) is 13.1. The van der Waals surface area contributed by atoms with Crippen molar-refractivity contribution in [1.82, 2.24) is 4.90 Å². The van der Waals surface area contributed by atoms with Crippen LogP contribution in [0.1, 0.15) is 24.6 Å². The number of benzene rings is 1. The predicted octanol–water partition coefficient (Wildman–Crippen LogP) is 3.09. The van der Waals surface area contributed by atoms with E-state index in [1.165, 1.54) is 23.2 Å². The lowest BCUT2D eigenvalue weighted by atomic mass is 10.2. The molecule has 3 heterocycles. The van der Waals surface area contributed by atoms with E-state index in [0.717, 1.165) is 30.8 Å². The zero-order valence-corrected chi connectivity index (χ0v) is 15.7. The third-order valence-corrected chi connectivity index (χ3v) is 5.58.